The second-order valence-corrected chi connectivity index (χ2v) is 7.88. The quantitative estimate of drug-likeness (QED) is 0.831. The largest absolute Gasteiger partial charge is 0.492 e. The molecule has 0 bridgehead atoms. The molecule has 0 radical (unpaired) electrons. The van der Waals surface area contributed by atoms with Crippen LogP contribution in [0.25, 0.3) is 0 Å². The van der Waals surface area contributed by atoms with Gasteiger partial charge in [-0.3, -0.25) is 4.90 Å². The van der Waals surface area contributed by atoms with Crippen LogP contribution in [0.1, 0.15) is 17.5 Å². The summed E-state index contributed by atoms with van der Waals surface area (Å²) < 4.78 is 28.7. The smallest absolute Gasteiger partial charge is 0.151 e. The predicted molar refractivity (Wildman–Crippen MR) is 81.1 cm³/mol. The number of hydrogen-bond donors (Lipinski definition) is 0. The molecule has 4 nitrogen and oxygen atoms in total. The fourth-order valence-corrected chi connectivity index (χ4v) is 4.27. The second-order valence-electron chi connectivity index (χ2n) is 5.65. The van der Waals surface area contributed by atoms with Crippen LogP contribution in [-0.4, -0.2) is 51.1 Å². The van der Waals surface area contributed by atoms with Crippen molar-refractivity contribution in [1.29, 1.82) is 0 Å². The number of nitrogens with zero attached hydrogens (tertiary/aromatic N) is 1. The standard InChI is InChI=1S/C15H23NO3S/c1-12-4-5-13(2)15(10-12)19-8-7-16(3)14-6-9-20(17,18)11-14/h4-5,10,14H,6-9,11H2,1-3H3. The van der Waals surface area contributed by atoms with Gasteiger partial charge >= 0.3 is 0 Å². The highest BCUT2D eigenvalue weighted by Gasteiger charge is 2.30. The highest BCUT2D eigenvalue weighted by atomic mass is 32.2. The van der Waals surface area contributed by atoms with E-state index < -0.39 is 9.84 Å². The topological polar surface area (TPSA) is 46.6 Å². The SMILES string of the molecule is Cc1ccc(C)c(OCCN(C)C2CCS(=O)(=O)C2)c1. The molecule has 0 N–H and O–H groups in total. The van der Waals surface area contributed by atoms with Gasteiger partial charge in [-0.15, -0.1) is 0 Å². The number of benzene rings is 1. The third-order valence-corrected chi connectivity index (χ3v) is 5.63. The van der Waals surface area contributed by atoms with E-state index in [0.29, 0.717) is 12.4 Å². The van der Waals surface area contributed by atoms with E-state index in [1.54, 1.807) is 0 Å². The lowest BCUT2D eigenvalue weighted by Gasteiger charge is -2.23. The summed E-state index contributed by atoms with van der Waals surface area (Å²) in [6.45, 7) is 5.40. The summed E-state index contributed by atoms with van der Waals surface area (Å²) in [6.07, 6.45) is 0.738. The van der Waals surface area contributed by atoms with Gasteiger partial charge < -0.3 is 4.74 Å². The molecule has 0 aliphatic carbocycles. The Morgan fingerprint density at radius 3 is 2.75 bits per heavy atom. The van der Waals surface area contributed by atoms with E-state index in [0.717, 1.165) is 24.3 Å². The Morgan fingerprint density at radius 2 is 2.10 bits per heavy atom. The second kappa shape index (κ2) is 6.14. The van der Waals surface area contributed by atoms with Crippen molar-refractivity contribution < 1.29 is 13.2 Å². The summed E-state index contributed by atoms with van der Waals surface area (Å²) >= 11 is 0. The first-order chi connectivity index (χ1) is 9.37. The van der Waals surface area contributed by atoms with Crippen LogP contribution in [0.15, 0.2) is 18.2 Å². The monoisotopic (exact) mass is 297 g/mol. The van der Waals surface area contributed by atoms with Gasteiger partial charge in [0.05, 0.1) is 11.5 Å². The Balaban J connectivity index is 1.82. The first-order valence-electron chi connectivity index (χ1n) is 6.98. The molecule has 2 rings (SSSR count). The molecule has 1 aromatic carbocycles. The van der Waals surface area contributed by atoms with Crippen LogP contribution in [0.5, 0.6) is 5.75 Å². The normalized spacial score (nSPS) is 21.3. The van der Waals surface area contributed by atoms with Crippen molar-refractivity contribution in [3.05, 3.63) is 29.3 Å². The summed E-state index contributed by atoms with van der Waals surface area (Å²) in [5, 5.41) is 0. The molecule has 0 aromatic heterocycles. The molecule has 1 heterocycles. The molecule has 1 aliphatic rings. The molecule has 0 saturated carbocycles. The van der Waals surface area contributed by atoms with Crippen LogP contribution in [0, 0.1) is 13.8 Å². The zero-order chi connectivity index (χ0) is 14.8. The van der Waals surface area contributed by atoms with E-state index in [4.69, 9.17) is 4.74 Å². The molecule has 1 aromatic rings. The number of ether oxygens (including phenoxy) is 1. The summed E-state index contributed by atoms with van der Waals surface area (Å²) in [5.41, 5.74) is 2.31. The van der Waals surface area contributed by atoms with Crippen LogP contribution in [0.2, 0.25) is 0 Å². The number of rotatable bonds is 5. The zero-order valence-electron chi connectivity index (χ0n) is 12.4. The maximum Gasteiger partial charge on any atom is 0.151 e. The van der Waals surface area contributed by atoms with Crippen molar-refractivity contribution in [1.82, 2.24) is 4.90 Å². The fourth-order valence-electron chi connectivity index (χ4n) is 2.47. The Bertz CT molecular complexity index is 568. The first kappa shape index (κ1) is 15.3. The number of likely N-dealkylation sites (N-methyl/N-ethyl adjacent to an activating group) is 1. The maximum atomic E-state index is 11.5. The van der Waals surface area contributed by atoms with Gasteiger partial charge in [-0.25, -0.2) is 8.42 Å². The van der Waals surface area contributed by atoms with Gasteiger partial charge in [-0.05, 0) is 44.5 Å². The van der Waals surface area contributed by atoms with Crippen molar-refractivity contribution in [2.24, 2.45) is 0 Å². The van der Waals surface area contributed by atoms with E-state index >= 15 is 0 Å². The molecule has 112 valence electrons. The van der Waals surface area contributed by atoms with Crippen molar-refractivity contribution in [3.63, 3.8) is 0 Å². The fraction of sp³-hybridized carbons (Fsp3) is 0.600. The first-order valence-corrected chi connectivity index (χ1v) is 8.80. The number of sulfone groups is 1. The van der Waals surface area contributed by atoms with Gasteiger partial charge in [0.1, 0.15) is 12.4 Å². The summed E-state index contributed by atoms with van der Waals surface area (Å²) in [5.74, 6) is 1.52. The van der Waals surface area contributed by atoms with E-state index in [1.165, 1.54) is 5.56 Å². The summed E-state index contributed by atoms with van der Waals surface area (Å²) in [4.78, 5) is 2.09. The summed E-state index contributed by atoms with van der Waals surface area (Å²) in [7, 11) is -0.842. The molecule has 5 heteroatoms. The van der Waals surface area contributed by atoms with E-state index in [1.807, 2.05) is 27.0 Å². The van der Waals surface area contributed by atoms with E-state index in [-0.39, 0.29) is 11.8 Å². The molecule has 1 atom stereocenters. The molecular weight excluding hydrogens is 274 g/mol. The Hall–Kier alpha value is -1.07. The number of aryl methyl sites for hydroxylation is 2. The number of hydrogen-bond acceptors (Lipinski definition) is 4. The lowest BCUT2D eigenvalue weighted by Crippen LogP contribution is -2.35. The highest BCUT2D eigenvalue weighted by Crippen LogP contribution is 2.20. The Kier molecular flexibility index (Phi) is 4.70. The van der Waals surface area contributed by atoms with Gasteiger partial charge in [-0.2, -0.15) is 0 Å². The highest BCUT2D eigenvalue weighted by molar-refractivity contribution is 7.91. The van der Waals surface area contributed by atoms with Crippen LogP contribution < -0.4 is 4.74 Å². The van der Waals surface area contributed by atoms with Crippen molar-refractivity contribution in [2.45, 2.75) is 26.3 Å². The van der Waals surface area contributed by atoms with E-state index in [9.17, 15) is 8.42 Å². The molecule has 1 unspecified atom stereocenters. The van der Waals surface area contributed by atoms with Gasteiger partial charge in [-0.1, -0.05) is 12.1 Å². The maximum absolute atomic E-state index is 11.5. The molecule has 1 saturated heterocycles. The van der Waals surface area contributed by atoms with Crippen molar-refractivity contribution in [2.75, 3.05) is 31.7 Å². The van der Waals surface area contributed by atoms with Crippen molar-refractivity contribution >= 4 is 9.84 Å². The third kappa shape index (κ3) is 3.96. The minimum Gasteiger partial charge on any atom is -0.492 e. The minimum atomic E-state index is -2.81. The minimum absolute atomic E-state index is 0.141. The molecule has 20 heavy (non-hydrogen) atoms. The molecule has 0 amide bonds. The molecule has 0 spiro atoms. The van der Waals surface area contributed by atoms with E-state index in [2.05, 4.69) is 17.0 Å². The molecular formula is C15H23NO3S. The van der Waals surface area contributed by atoms with Crippen LogP contribution in [-0.2, 0) is 9.84 Å². The average Bonchev–Trinajstić information content (AvgIpc) is 2.74. The Labute approximate surface area is 121 Å². The van der Waals surface area contributed by atoms with Gasteiger partial charge in [0, 0.05) is 12.6 Å². The lowest BCUT2D eigenvalue weighted by molar-refractivity contribution is 0.201. The van der Waals surface area contributed by atoms with Crippen molar-refractivity contribution in [3.8, 4) is 5.75 Å². The third-order valence-electron chi connectivity index (χ3n) is 3.88. The molecule has 1 aliphatic heterocycles. The zero-order valence-corrected chi connectivity index (χ0v) is 13.2. The summed E-state index contributed by atoms with van der Waals surface area (Å²) in [6, 6.07) is 6.30. The van der Waals surface area contributed by atoms with Gasteiger partial charge in [0.2, 0.25) is 0 Å². The lowest BCUT2D eigenvalue weighted by atomic mass is 10.1. The van der Waals surface area contributed by atoms with Gasteiger partial charge in [0.25, 0.3) is 0 Å². The van der Waals surface area contributed by atoms with Crippen LogP contribution >= 0.6 is 0 Å². The predicted octanol–water partition coefficient (Wildman–Crippen LogP) is 1.80. The van der Waals surface area contributed by atoms with Gasteiger partial charge in [0.15, 0.2) is 9.84 Å². The van der Waals surface area contributed by atoms with Crippen LogP contribution in [0.3, 0.4) is 0 Å². The van der Waals surface area contributed by atoms with Crippen LogP contribution in [0.4, 0.5) is 0 Å². The average molecular weight is 297 g/mol. The molecule has 1 fully saturated rings. The Morgan fingerprint density at radius 1 is 1.35 bits per heavy atom.